The van der Waals surface area contributed by atoms with E-state index in [1.54, 1.807) is 0 Å². The summed E-state index contributed by atoms with van der Waals surface area (Å²) in [6.07, 6.45) is 7.48. The molecule has 1 heterocycles. The molecule has 4 heteroatoms. The minimum absolute atomic E-state index is 0.189. The average molecular weight is 266 g/mol. The van der Waals surface area contributed by atoms with Gasteiger partial charge in [-0.25, -0.2) is 0 Å². The number of hydrogen-bond acceptors (Lipinski definition) is 2. The quantitative estimate of drug-likeness (QED) is 0.781. The smallest absolute Gasteiger partial charge is 0.224 e. The summed E-state index contributed by atoms with van der Waals surface area (Å²) in [5.41, 5.74) is 0. The lowest BCUT2D eigenvalue weighted by molar-refractivity contribution is -0.131. The molecule has 1 aliphatic carbocycles. The van der Waals surface area contributed by atoms with Crippen molar-refractivity contribution in [3.63, 3.8) is 0 Å². The summed E-state index contributed by atoms with van der Waals surface area (Å²) < 4.78 is 0. The summed E-state index contributed by atoms with van der Waals surface area (Å²) in [5.74, 6) is 1.20. The van der Waals surface area contributed by atoms with Crippen LogP contribution in [0.2, 0.25) is 0 Å². The van der Waals surface area contributed by atoms with Gasteiger partial charge in [0.05, 0.1) is 0 Å². The molecule has 4 nitrogen and oxygen atoms in total. The van der Waals surface area contributed by atoms with Gasteiger partial charge < -0.3 is 9.80 Å². The highest BCUT2D eigenvalue weighted by Gasteiger charge is 2.23. The van der Waals surface area contributed by atoms with E-state index in [9.17, 15) is 9.59 Å². The van der Waals surface area contributed by atoms with Gasteiger partial charge in [0.2, 0.25) is 11.8 Å². The fourth-order valence-corrected chi connectivity index (χ4v) is 3.24. The minimum atomic E-state index is 0.189. The van der Waals surface area contributed by atoms with Crippen molar-refractivity contribution >= 4 is 11.8 Å². The van der Waals surface area contributed by atoms with Crippen molar-refractivity contribution < 1.29 is 9.59 Å². The van der Waals surface area contributed by atoms with Crippen LogP contribution >= 0.6 is 0 Å². The number of nitrogens with zero attached hydrogens (tertiary/aromatic N) is 2. The van der Waals surface area contributed by atoms with Crippen molar-refractivity contribution in [2.75, 3.05) is 26.2 Å². The monoisotopic (exact) mass is 266 g/mol. The first-order valence-corrected chi connectivity index (χ1v) is 7.76. The first-order chi connectivity index (χ1) is 9.20. The van der Waals surface area contributed by atoms with E-state index in [1.165, 1.54) is 25.7 Å². The Morgan fingerprint density at radius 3 is 2.63 bits per heavy atom. The predicted molar refractivity (Wildman–Crippen MR) is 74.6 cm³/mol. The van der Waals surface area contributed by atoms with Crippen LogP contribution in [0.1, 0.15) is 51.9 Å². The van der Waals surface area contributed by atoms with Crippen molar-refractivity contribution in [1.82, 2.24) is 9.80 Å². The fourth-order valence-electron chi connectivity index (χ4n) is 3.24. The number of hydrogen-bond donors (Lipinski definition) is 0. The zero-order valence-electron chi connectivity index (χ0n) is 12.1. The molecule has 2 fully saturated rings. The van der Waals surface area contributed by atoms with Gasteiger partial charge in [-0.2, -0.15) is 0 Å². The molecule has 19 heavy (non-hydrogen) atoms. The molecule has 0 radical (unpaired) electrons. The van der Waals surface area contributed by atoms with Gasteiger partial charge in [0.15, 0.2) is 0 Å². The van der Waals surface area contributed by atoms with Gasteiger partial charge in [-0.1, -0.05) is 25.7 Å². The van der Waals surface area contributed by atoms with Gasteiger partial charge in [-0.05, 0) is 19.3 Å². The molecule has 1 saturated heterocycles. The van der Waals surface area contributed by atoms with Crippen molar-refractivity contribution in [3.05, 3.63) is 0 Å². The first-order valence-electron chi connectivity index (χ1n) is 7.76. The van der Waals surface area contributed by atoms with E-state index in [4.69, 9.17) is 0 Å². The lowest BCUT2D eigenvalue weighted by Gasteiger charge is -2.22. The van der Waals surface area contributed by atoms with Crippen LogP contribution in [0.3, 0.4) is 0 Å². The van der Waals surface area contributed by atoms with Crippen LogP contribution in [0.15, 0.2) is 0 Å². The Kier molecular flexibility index (Phi) is 5.23. The lowest BCUT2D eigenvalue weighted by atomic mass is 10.0. The number of carbonyl (C=O) groups excluding carboxylic acids is 2. The highest BCUT2D eigenvalue weighted by atomic mass is 16.2. The maximum atomic E-state index is 12.2. The molecular formula is C15H26N2O2. The molecule has 0 atom stereocenters. The maximum Gasteiger partial charge on any atom is 0.224 e. The maximum absolute atomic E-state index is 12.2. The Morgan fingerprint density at radius 2 is 1.95 bits per heavy atom. The summed E-state index contributed by atoms with van der Waals surface area (Å²) in [4.78, 5) is 27.7. The Morgan fingerprint density at radius 1 is 1.21 bits per heavy atom. The molecule has 0 unspecified atom stereocenters. The zero-order valence-corrected chi connectivity index (χ0v) is 12.1. The molecule has 1 aliphatic heterocycles. The van der Waals surface area contributed by atoms with Crippen LogP contribution in [-0.4, -0.2) is 47.8 Å². The first kappa shape index (κ1) is 14.4. The van der Waals surface area contributed by atoms with Gasteiger partial charge in [0, 0.05) is 39.0 Å². The van der Waals surface area contributed by atoms with E-state index in [-0.39, 0.29) is 11.8 Å². The number of rotatable bonds is 4. The van der Waals surface area contributed by atoms with E-state index >= 15 is 0 Å². The fraction of sp³-hybridized carbons (Fsp3) is 0.867. The minimum Gasteiger partial charge on any atom is -0.341 e. The number of carbonyl (C=O) groups is 2. The van der Waals surface area contributed by atoms with Crippen LogP contribution in [0.5, 0.6) is 0 Å². The Hall–Kier alpha value is -1.06. The standard InChI is InChI=1S/C15H26N2O2/c1-2-16-11-12-17(10-9-15(16)19)14(18)8-7-13-5-3-4-6-13/h13H,2-12H2,1H3. The molecule has 0 aromatic carbocycles. The highest BCUT2D eigenvalue weighted by Crippen LogP contribution is 2.28. The molecule has 1 saturated carbocycles. The Bertz CT molecular complexity index is 324. The van der Waals surface area contributed by atoms with Gasteiger partial charge in [0.1, 0.15) is 0 Å². The Labute approximate surface area is 116 Å². The molecule has 2 amide bonds. The van der Waals surface area contributed by atoms with Crippen LogP contribution in [0.25, 0.3) is 0 Å². The molecule has 0 bridgehead atoms. The normalized spacial score (nSPS) is 21.8. The molecule has 0 spiro atoms. The summed E-state index contributed by atoms with van der Waals surface area (Å²) >= 11 is 0. The molecule has 0 aromatic rings. The van der Waals surface area contributed by atoms with Crippen molar-refractivity contribution in [1.29, 1.82) is 0 Å². The van der Waals surface area contributed by atoms with Gasteiger partial charge >= 0.3 is 0 Å². The van der Waals surface area contributed by atoms with Crippen molar-refractivity contribution in [2.24, 2.45) is 5.92 Å². The van der Waals surface area contributed by atoms with Gasteiger partial charge in [-0.15, -0.1) is 0 Å². The summed E-state index contributed by atoms with van der Waals surface area (Å²) in [5, 5.41) is 0. The van der Waals surface area contributed by atoms with Gasteiger partial charge in [-0.3, -0.25) is 9.59 Å². The van der Waals surface area contributed by atoms with E-state index in [0.717, 1.165) is 18.9 Å². The van der Waals surface area contributed by atoms with Crippen LogP contribution < -0.4 is 0 Å². The average Bonchev–Trinajstić information content (AvgIpc) is 2.86. The number of likely N-dealkylation sites (N-methyl/N-ethyl adjacent to an activating group) is 1. The lowest BCUT2D eigenvalue weighted by Crippen LogP contribution is -2.35. The topological polar surface area (TPSA) is 40.6 Å². The predicted octanol–water partition coefficient (Wildman–Crippen LogP) is 2.04. The van der Waals surface area contributed by atoms with Crippen LogP contribution in [-0.2, 0) is 9.59 Å². The Balaban J connectivity index is 1.77. The van der Waals surface area contributed by atoms with Gasteiger partial charge in [0.25, 0.3) is 0 Å². The van der Waals surface area contributed by atoms with E-state index in [0.29, 0.717) is 32.5 Å². The summed E-state index contributed by atoms with van der Waals surface area (Å²) in [7, 11) is 0. The van der Waals surface area contributed by atoms with E-state index in [1.807, 2.05) is 16.7 Å². The van der Waals surface area contributed by atoms with Crippen molar-refractivity contribution in [2.45, 2.75) is 51.9 Å². The molecule has 2 aliphatic rings. The van der Waals surface area contributed by atoms with Crippen LogP contribution in [0.4, 0.5) is 0 Å². The molecule has 108 valence electrons. The molecule has 0 N–H and O–H groups in total. The third-order valence-electron chi connectivity index (χ3n) is 4.56. The summed E-state index contributed by atoms with van der Waals surface area (Å²) in [6, 6.07) is 0. The summed E-state index contributed by atoms with van der Waals surface area (Å²) in [6.45, 7) is 4.77. The molecular weight excluding hydrogens is 240 g/mol. The van der Waals surface area contributed by atoms with E-state index < -0.39 is 0 Å². The second kappa shape index (κ2) is 6.92. The van der Waals surface area contributed by atoms with Crippen molar-refractivity contribution in [3.8, 4) is 0 Å². The highest BCUT2D eigenvalue weighted by molar-refractivity contribution is 5.80. The molecule has 2 rings (SSSR count). The largest absolute Gasteiger partial charge is 0.341 e. The molecule has 0 aromatic heterocycles. The van der Waals surface area contributed by atoms with E-state index in [2.05, 4.69) is 0 Å². The third-order valence-corrected chi connectivity index (χ3v) is 4.56. The third kappa shape index (κ3) is 3.95. The van der Waals surface area contributed by atoms with Crippen LogP contribution in [0, 0.1) is 5.92 Å². The second-order valence-corrected chi connectivity index (χ2v) is 5.79. The zero-order chi connectivity index (χ0) is 13.7. The SMILES string of the molecule is CCN1CCN(C(=O)CCC2CCCC2)CCC1=O. The second-order valence-electron chi connectivity index (χ2n) is 5.79. The number of amides is 2.